The Hall–Kier alpha value is -0.0200. The van der Waals surface area contributed by atoms with Crippen LogP contribution in [0, 0.1) is 0 Å². The molecule has 7 heteroatoms. The first-order valence-electron chi connectivity index (χ1n) is 14.9. The van der Waals surface area contributed by atoms with Gasteiger partial charge in [-0.25, -0.2) is 0 Å². The lowest BCUT2D eigenvalue weighted by molar-refractivity contribution is -0.285. The molecule has 2 N–H and O–H groups in total. The second-order valence-corrected chi connectivity index (χ2v) is 15.6. The zero-order valence-corrected chi connectivity index (χ0v) is 26.4. The minimum absolute atomic E-state index is 0.00362. The van der Waals surface area contributed by atoms with E-state index in [4.69, 9.17) is 18.9 Å². The van der Waals surface area contributed by atoms with Gasteiger partial charge in [0.15, 0.2) is 0 Å². The van der Waals surface area contributed by atoms with E-state index in [1.807, 2.05) is 0 Å². The predicted octanol–water partition coefficient (Wildman–Crippen LogP) is 6.38. The molecule has 0 amide bonds. The smallest absolute Gasteiger partial charge is 0.0924 e. The van der Waals surface area contributed by atoms with Gasteiger partial charge in [-0.2, -0.15) is 0 Å². The fourth-order valence-corrected chi connectivity index (χ4v) is 7.61. The Morgan fingerprint density at radius 3 is 2.24 bits per heavy atom. The van der Waals surface area contributed by atoms with Crippen molar-refractivity contribution in [3.63, 3.8) is 0 Å². The minimum atomic E-state index is -0.861. The van der Waals surface area contributed by atoms with E-state index in [1.165, 1.54) is 0 Å². The molecule has 0 unspecified atom stereocenters. The summed E-state index contributed by atoms with van der Waals surface area (Å²) in [4.78, 5) is 0.360. The maximum atomic E-state index is 10.8. The van der Waals surface area contributed by atoms with E-state index >= 15 is 0 Å². The van der Waals surface area contributed by atoms with Crippen LogP contribution >= 0.6 is 15.9 Å². The van der Waals surface area contributed by atoms with E-state index in [0.717, 1.165) is 63.4 Å². The van der Waals surface area contributed by atoms with E-state index < -0.39 is 17.3 Å². The third kappa shape index (κ3) is 6.71. The minimum Gasteiger partial charge on any atom is -0.393 e. The highest BCUT2D eigenvalue weighted by atomic mass is 79.9. The largest absolute Gasteiger partial charge is 0.393 e. The molecule has 0 saturated carbocycles. The third-order valence-electron chi connectivity index (χ3n) is 9.91. The second-order valence-electron chi connectivity index (χ2n) is 14.5. The molecule has 220 valence electrons. The van der Waals surface area contributed by atoms with Crippen LogP contribution in [-0.4, -0.2) is 73.6 Å². The fraction of sp³-hybridized carbons (Fsp3) is 0.935. The van der Waals surface area contributed by atoms with Gasteiger partial charge in [-0.1, -0.05) is 22.5 Å². The highest BCUT2D eigenvalue weighted by Gasteiger charge is 2.54. The Bertz CT molecular complexity index is 856. The lowest BCUT2D eigenvalue weighted by Crippen LogP contribution is -2.62. The fourth-order valence-electron chi connectivity index (χ4n) is 7.28. The van der Waals surface area contributed by atoms with Crippen LogP contribution in [0.5, 0.6) is 0 Å². The Balaban J connectivity index is 1.26. The molecule has 6 nitrogen and oxygen atoms in total. The maximum Gasteiger partial charge on any atom is 0.0924 e. The van der Waals surface area contributed by atoms with Gasteiger partial charge in [-0.15, -0.1) is 0 Å². The van der Waals surface area contributed by atoms with Crippen molar-refractivity contribution in [1.29, 1.82) is 0 Å². The molecule has 0 aromatic rings. The quantitative estimate of drug-likeness (QED) is 0.249. The van der Waals surface area contributed by atoms with Crippen LogP contribution in [0.1, 0.15) is 119 Å². The van der Waals surface area contributed by atoms with E-state index in [1.54, 1.807) is 13.8 Å². The number of halogens is 1. The zero-order valence-electron chi connectivity index (χ0n) is 24.9. The molecule has 4 rings (SSSR count). The van der Waals surface area contributed by atoms with E-state index in [-0.39, 0.29) is 41.2 Å². The highest BCUT2D eigenvalue weighted by molar-refractivity contribution is 9.09. The first-order valence-corrected chi connectivity index (χ1v) is 15.8. The number of hydrogen-bond donors (Lipinski definition) is 2. The molecule has 4 aliphatic rings. The zero-order chi connectivity index (χ0) is 28.1. The van der Waals surface area contributed by atoms with Crippen LogP contribution in [0.3, 0.4) is 0 Å². The number of alkyl halides is 1. The first-order chi connectivity index (χ1) is 17.4. The average molecular weight is 602 g/mol. The number of hydrogen-bond acceptors (Lipinski definition) is 6. The van der Waals surface area contributed by atoms with Crippen LogP contribution in [-0.2, 0) is 18.9 Å². The van der Waals surface area contributed by atoms with Crippen molar-refractivity contribution in [3.8, 4) is 0 Å². The Morgan fingerprint density at radius 2 is 1.61 bits per heavy atom. The maximum absolute atomic E-state index is 10.8. The molecule has 38 heavy (non-hydrogen) atoms. The second kappa shape index (κ2) is 11.0. The van der Waals surface area contributed by atoms with Crippen LogP contribution in [0.4, 0.5) is 0 Å². The highest BCUT2D eigenvalue weighted by Crippen LogP contribution is 2.48. The monoisotopic (exact) mass is 600 g/mol. The lowest BCUT2D eigenvalue weighted by atomic mass is 9.76. The molecular weight excluding hydrogens is 548 g/mol. The van der Waals surface area contributed by atoms with Crippen LogP contribution in [0.15, 0.2) is 12.2 Å². The molecule has 0 aliphatic carbocycles. The third-order valence-corrected chi connectivity index (χ3v) is 11.5. The summed E-state index contributed by atoms with van der Waals surface area (Å²) in [7, 11) is 0. The first kappa shape index (κ1) is 30.9. The Morgan fingerprint density at radius 1 is 0.947 bits per heavy atom. The van der Waals surface area contributed by atoms with Crippen molar-refractivity contribution in [2.75, 3.05) is 0 Å². The van der Waals surface area contributed by atoms with Crippen molar-refractivity contribution in [2.45, 2.75) is 182 Å². The molecule has 0 spiro atoms. The molecule has 4 saturated heterocycles. The molecule has 0 radical (unpaired) electrons. The van der Waals surface area contributed by atoms with Crippen LogP contribution in [0.25, 0.3) is 0 Å². The molecule has 4 fully saturated rings. The molecule has 4 aliphatic heterocycles. The summed E-state index contributed by atoms with van der Waals surface area (Å²) in [5, 5.41) is 21.1. The summed E-state index contributed by atoms with van der Waals surface area (Å²) >= 11 is 3.80. The summed E-state index contributed by atoms with van der Waals surface area (Å²) in [6, 6.07) is 0. The van der Waals surface area contributed by atoms with Gasteiger partial charge < -0.3 is 29.2 Å². The van der Waals surface area contributed by atoms with Crippen molar-refractivity contribution >= 4 is 15.9 Å². The molecular formula is C31H53BrO6. The van der Waals surface area contributed by atoms with Crippen molar-refractivity contribution in [1.82, 2.24) is 0 Å². The topological polar surface area (TPSA) is 77.4 Å². The van der Waals surface area contributed by atoms with Gasteiger partial charge in [0.25, 0.3) is 0 Å². The number of rotatable bonds is 8. The van der Waals surface area contributed by atoms with E-state index in [9.17, 15) is 10.2 Å². The summed E-state index contributed by atoms with van der Waals surface area (Å²) in [6.45, 7) is 18.8. The standard InChI is InChI=1S/C31H53BrO6/c1-20(9-10-21(33)19-29(6)16-14-24(37-29)27(2,3)34)22-11-12-25-30(7,36-22)18-15-26(35-25)31(8)17-13-23(32)28(4,5)38-31/h21-26,33-34H,1,9-19H2,2-8H3/t21-,22+,23+,24+,25+,26+,29+,30+,31-/m0/s1. The lowest BCUT2D eigenvalue weighted by Gasteiger charge is -2.55. The van der Waals surface area contributed by atoms with Gasteiger partial charge in [0, 0.05) is 11.2 Å². The SMILES string of the molecule is C=C(CC[C@H](O)C[C@@]1(C)CC[C@H](C(C)(C)O)O1)[C@H]1CC[C@H]2O[C@@H]([C@]3(C)CC[C@@H](Br)C(C)(C)O3)CC[C@@]2(C)O1. The van der Waals surface area contributed by atoms with Crippen molar-refractivity contribution < 1.29 is 29.2 Å². The summed E-state index contributed by atoms with van der Waals surface area (Å²) in [5.74, 6) is 0. The van der Waals surface area contributed by atoms with Gasteiger partial charge >= 0.3 is 0 Å². The van der Waals surface area contributed by atoms with Gasteiger partial charge in [0.2, 0.25) is 0 Å². The van der Waals surface area contributed by atoms with Crippen molar-refractivity contribution in [2.24, 2.45) is 0 Å². The van der Waals surface area contributed by atoms with E-state index in [0.29, 0.717) is 17.7 Å². The molecule has 0 aromatic heterocycles. The van der Waals surface area contributed by atoms with Gasteiger partial charge in [-0.3, -0.25) is 0 Å². The van der Waals surface area contributed by atoms with Gasteiger partial charge in [-0.05, 0) is 118 Å². The Kier molecular flexibility index (Phi) is 8.95. The van der Waals surface area contributed by atoms with Gasteiger partial charge in [0.1, 0.15) is 0 Å². The number of ether oxygens (including phenoxy) is 4. The summed E-state index contributed by atoms with van der Waals surface area (Å²) in [6.07, 6.45) is 8.88. The van der Waals surface area contributed by atoms with Gasteiger partial charge in [0.05, 0.1) is 58.5 Å². The number of aliphatic hydroxyl groups is 2. The molecule has 0 aromatic carbocycles. The summed E-state index contributed by atoms with van der Waals surface area (Å²) < 4.78 is 26.3. The normalized spacial score (nSPS) is 44.4. The Labute approximate surface area is 239 Å². The number of aliphatic hydroxyl groups excluding tert-OH is 1. The number of fused-ring (bicyclic) bond motifs is 1. The van der Waals surface area contributed by atoms with Crippen molar-refractivity contribution in [3.05, 3.63) is 12.2 Å². The molecule has 9 atom stereocenters. The molecule has 4 heterocycles. The summed E-state index contributed by atoms with van der Waals surface area (Å²) in [5.41, 5.74) is -1.01. The van der Waals surface area contributed by atoms with Crippen LogP contribution in [0.2, 0.25) is 0 Å². The van der Waals surface area contributed by atoms with E-state index in [2.05, 4.69) is 57.1 Å². The molecule has 0 bridgehead atoms. The average Bonchev–Trinajstić information content (AvgIpc) is 3.21. The predicted molar refractivity (Wildman–Crippen MR) is 154 cm³/mol. The van der Waals surface area contributed by atoms with Crippen LogP contribution < -0.4 is 0 Å².